The maximum atomic E-state index is 10.0. The average Bonchev–Trinajstić information content (AvgIpc) is 3.37. The first-order valence-electron chi connectivity index (χ1n) is 9.05. The zero-order chi connectivity index (χ0) is 17.4. The number of nitrogens with zero attached hydrogens (tertiary/aromatic N) is 2. The predicted octanol–water partition coefficient (Wildman–Crippen LogP) is 2.77. The fraction of sp³-hybridized carbons (Fsp3) is 0.450. The SMILES string of the molecule is Cc1cc(-c2ccnc(NC(O)C3CC3)c2)ccc1N1CC[C@@H](O)C1. The summed E-state index contributed by atoms with van der Waals surface area (Å²) in [7, 11) is 0. The third kappa shape index (κ3) is 3.62. The third-order valence-corrected chi connectivity index (χ3v) is 5.16. The van der Waals surface area contributed by atoms with E-state index in [1.165, 1.54) is 11.3 Å². The maximum absolute atomic E-state index is 10.0. The molecule has 1 aromatic carbocycles. The van der Waals surface area contributed by atoms with E-state index in [-0.39, 0.29) is 6.10 Å². The van der Waals surface area contributed by atoms with Crippen LogP contribution in [0, 0.1) is 12.8 Å². The second-order valence-corrected chi connectivity index (χ2v) is 7.25. The first-order valence-corrected chi connectivity index (χ1v) is 9.05. The van der Waals surface area contributed by atoms with Gasteiger partial charge in [-0.25, -0.2) is 4.98 Å². The van der Waals surface area contributed by atoms with Crippen LogP contribution in [-0.2, 0) is 0 Å². The van der Waals surface area contributed by atoms with Crippen LogP contribution in [0.3, 0.4) is 0 Å². The van der Waals surface area contributed by atoms with Gasteiger partial charge in [-0.05, 0) is 67.1 Å². The number of aliphatic hydroxyl groups excluding tert-OH is 2. The van der Waals surface area contributed by atoms with Gasteiger partial charge in [0.15, 0.2) is 0 Å². The number of rotatable bonds is 5. The van der Waals surface area contributed by atoms with E-state index >= 15 is 0 Å². The molecule has 1 saturated heterocycles. The Morgan fingerprint density at radius 3 is 2.64 bits per heavy atom. The van der Waals surface area contributed by atoms with Gasteiger partial charge in [-0.1, -0.05) is 6.07 Å². The van der Waals surface area contributed by atoms with Crippen molar-refractivity contribution in [1.29, 1.82) is 0 Å². The van der Waals surface area contributed by atoms with Gasteiger partial charge in [0.05, 0.1) is 6.10 Å². The molecule has 2 aromatic rings. The lowest BCUT2D eigenvalue weighted by molar-refractivity contribution is 0.179. The molecule has 1 saturated carbocycles. The molecule has 2 fully saturated rings. The normalized spacial score (nSPS) is 21.4. The van der Waals surface area contributed by atoms with Gasteiger partial charge in [0, 0.05) is 30.9 Å². The summed E-state index contributed by atoms with van der Waals surface area (Å²) in [6, 6.07) is 10.4. The van der Waals surface area contributed by atoms with Crippen molar-refractivity contribution in [1.82, 2.24) is 4.98 Å². The molecule has 0 bridgehead atoms. The predicted molar refractivity (Wildman–Crippen MR) is 99.6 cm³/mol. The van der Waals surface area contributed by atoms with Crippen LogP contribution in [0.4, 0.5) is 11.5 Å². The van der Waals surface area contributed by atoms with Crippen LogP contribution >= 0.6 is 0 Å². The summed E-state index contributed by atoms with van der Waals surface area (Å²) < 4.78 is 0. The van der Waals surface area contributed by atoms with Gasteiger partial charge in [-0.15, -0.1) is 0 Å². The van der Waals surface area contributed by atoms with Gasteiger partial charge in [0.2, 0.25) is 0 Å². The van der Waals surface area contributed by atoms with Crippen LogP contribution in [0.15, 0.2) is 36.5 Å². The van der Waals surface area contributed by atoms with Crippen molar-refractivity contribution < 1.29 is 10.2 Å². The van der Waals surface area contributed by atoms with Gasteiger partial charge in [0.1, 0.15) is 12.0 Å². The standard InChI is InChI=1S/C20H25N3O2/c1-13-10-15(4-5-18(13)23-9-7-17(24)12-23)16-6-8-21-19(11-16)22-20(25)14-2-3-14/h4-6,8,10-11,14,17,20,24-25H,2-3,7,9,12H2,1H3,(H,21,22)/t17-,20?/m1/s1. The number of pyridine rings is 1. The Balaban J connectivity index is 1.54. The van der Waals surface area contributed by atoms with Crippen molar-refractivity contribution in [2.45, 2.75) is 38.5 Å². The number of hydrogen-bond acceptors (Lipinski definition) is 5. The molecule has 1 aliphatic carbocycles. The largest absolute Gasteiger partial charge is 0.391 e. The molecule has 0 radical (unpaired) electrons. The topological polar surface area (TPSA) is 68.6 Å². The van der Waals surface area contributed by atoms with Crippen molar-refractivity contribution in [2.75, 3.05) is 23.3 Å². The minimum Gasteiger partial charge on any atom is -0.391 e. The first kappa shape index (κ1) is 16.4. The minimum atomic E-state index is -0.506. The summed E-state index contributed by atoms with van der Waals surface area (Å²) in [5.41, 5.74) is 4.61. The molecule has 2 aliphatic rings. The molecular formula is C20H25N3O2. The number of anilines is 2. The number of β-amino-alcohol motifs (C(OH)–C–C–N with tert-alkyl or cyclic N) is 1. The van der Waals surface area contributed by atoms with Crippen molar-refractivity contribution in [3.05, 3.63) is 42.1 Å². The van der Waals surface area contributed by atoms with E-state index in [0.29, 0.717) is 18.3 Å². The molecule has 2 heterocycles. The van der Waals surface area contributed by atoms with Crippen LogP contribution < -0.4 is 10.2 Å². The monoisotopic (exact) mass is 339 g/mol. The Hall–Kier alpha value is -2.11. The van der Waals surface area contributed by atoms with E-state index in [1.807, 2.05) is 12.1 Å². The Morgan fingerprint density at radius 1 is 1.16 bits per heavy atom. The van der Waals surface area contributed by atoms with Crippen molar-refractivity contribution in [3.8, 4) is 11.1 Å². The Kier molecular flexibility index (Phi) is 4.36. The van der Waals surface area contributed by atoms with E-state index in [9.17, 15) is 10.2 Å². The summed E-state index contributed by atoms with van der Waals surface area (Å²) in [5, 5.41) is 22.9. The van der Waals surface area contributed by atoms with Crippen LogP contribution in [0.5, 0.6) is 0 Å². The summed E-state index contributed by atoms with van der Waals surface area (Å²) in [5.74, 6) is 1.07. The number of aliphatic hydroxyl groups is 2. The Bertz CT molecular complexity index is 760. The van der Waals surface area contributed by atoms with Crippen LogP contribution in [0.2, 0.25) is 0 Å². The quantitative estimate of drug-likeness (QED) is 0.731. The number of hydrogen-bond donors (Lipinski definition) is 3. The van der Waals surface area contributed by atoms with Crippen LogP contribution in [-0.4, -0.2) is 40.6 Å². The van der Waals surface area contributed by atoms with Crippen molar-refractivity contribution in [2.24, 2.45) is 5.92 Å². The molecule has 0 spiro atoms. The lowest BCUT2D eigenvalue weighted by Gasteiger charge is -2.21. The molecule has 2 atom stereocenters. The van der Waals surface area contributed by atoms with E-state index in [1.54, 1.807) is 6.20 Å². The first-order chi connectivity index (χ1) is 12.1. The fourth-order valence-corrected chi connectivity index (χ4v) is 3.52. The highest BCUT2D eigenvalue weighted by Gasteiger charge is 2.29. The summed E-state index contributed by atoms with van der Waals surface area (Å²) >= 11 is 0. The minimum absolute atomic E-state index is 0.217. The molecule has 1 unspecified atom stereocenters. The van der Waals surface area contributed by atoms with Crippen LogP contribution in [0.1, 0.15) is 24.8 Å². The zero-order valence-corrected chi connectivity index (χ0v) is 14.5. The number of aryl methyl sites for hydroxylation is 1. The number of nitrogens with one attached hydrogen (secondary N) is 1. The maximum Gasteiger partial charge on any atom is 0.128 e. The van der Waals surface area contributed by atoms with E-state index in [0.717, 1.165) is 36.9 Å². The van der Waals surface area contributed by atoms with Gasteiger partial charge in [-0.3, -0.25) is 0 Å². The van der Waals surface area contributed by atoms with E-state index in [2.05, 4.69) is 40.3 Å². The number of benzene rings is 1. The molecule has 25 heavy (non-hydrogen) atoms. The van der Waals surface area contributed by atoms with E-state index in [4.69, 9.17) is 0 Å². The van der Waals surface area contributed by atoms with Gasteiger partial charge >= 0.3 is 0 Å². The molecule has 5 nitrogen and oxygen atoms in total. The molecule has 132 valence electrons. The van der Waals surface area contributed by atoms with E-state index < -0.39 is 6.23 Å². The van der Waals surface area contributed by atoms with Crippen LogP contribution in [0.25, 0.3) is 11.1 Å². The third-order valence-electron chi connectivity index (χ3n) is 5.16. The molecule has 1 aliphatic heterocycles. The molecule has 0 amide bonds. The van der Waals surface area contributed by atoms with Gasteiger partial charge in [0.25, 0.3) is 0 Å². The number of aromatic nitrogens is 1. The second kappa shape index (κ2) is 6.65. The highest BCUT2D eigenvalue weighted by molar-refractivity contribution is 5.70. The Morgan fingerprint density at radius 2 is 1.96 bits per heavy atom. The second-order valence-electron chi connectivity index (χ2n) is 7.25. The lowest BCUT2D eigenvalue weighted by atomic mass is 10.0. The molecule has 3 N–H and O–H groups in total. The van der Waals surface area contributed by atoms with Crippen molar-refractivity contribution >= 4 is 11.5 Å². The van der Waals surface area contributed by atoms with Gasteiger partial charge < -0.3 is 20.4 Å². The molecular weight excluding hydrogens is 314 g/mol. The average molecular weight is 339 g/mol. The highest BCUT2D eigenvalue weighted by atomic mass is 16.3. The van der Waals surface area contributed by atoms with Crippen molar-refractivity contribution in [3.63, 3.8) is 0 Å². The summed E-state index contributed by atoms with van der Waals surface area (Å²) in [4.78, 5) is 6.56. The lowest BCUT2D eigenvalue weighted by Crippen LogP contribution is -2.22. The zero-order valence-electron chi connectivity index (χ0n) is 14.5. The highest BCUT2D eigenvalue weighted by Crippen LogP contribution is 2.33. The summed E-state index contributed by atoms with van der Waals surface area (Å²) in [6.07, 6.45) is 4.06. The Labute approximate surface area is 148 Å². The molecule has 5 heteroatoms. The smallest absolute Gasteiger partial charge is 0.128 e. The molecule has 1 aromatic heterocycles. The fourth-order valence-electron chi connectivity index (χ4n) is 3.52. The summed E-state index contributed by atoms with van der Waals surface area (Å²) in [6.45, 7) is 3.73. The molecule has 4 rings (SSSR count). The van der Waals surface area contributed by atoms with Gasteiger partial charge in [-0.2, -0.15) is 0 Å².